The first-order valence-electron chi connectivity index (χ1n) is 3.37. The van der Waals surface area contributed by atoms with Crippen molar-refractivity contribution in [2.75, 3.05) is 0 Å². The first-order valence-corrected chi connectivity index (χ1v) is 3.37. The van der Waals surface area contributed by atoms with E-state index in [1.54, 1.807) is 0 Å². The standard InChI is InChI=1S/C8H15B/c1-5-7(4)8(9)6(2)3/h5H,9H2,1-4H3/b7-5-. The molecule has 0 saturated carbocycles. The predicted octanol–water partition coefficient (Wildman–Crippen LogP) is 1.88. The van der Waals surface area contributed by atoms with Crippen molar-refractivity contribution in [3.05, 3.63) is 22.7 Å². The second-order valence-corrected chi connectivity index (χ2v) is 2.60. The molecule has 0 unspecified atom stereocenters. The molecular weight excluding hydrogens is 107 g/mol. The van der Waals surface area contributed by atoms with Crippen molar-refractivity contribution in [2.24, 2.45) is 0 Å². The minimum absolute atomic E-state index is 1.38. The van der Waals surface area contributed by atoms with Gasteiger partial charge in [0.2, 0.25) is 0 Å². The third-order valence-corrected chi connectivity index (χ3v) is 1.77. The van der Waals surface area contributed by atoms with Crippen LogP contribution in [-0.2, 0) is 0 Å². The van der Waals surface area contributed by atoms with E-state index in [4.69, 9.17) is 0 Å². The van der Waals surface area contributed by atoms with Crippen LogP contribution in [0.4, 0.5) is 0 Å². The molecule has 0 radical (unpaired) electrons. The molecule has 0 spiro atoms. The minimum atomic E-state index is 1.38. The highest BCUT2D eigenvalue weighted by Gasteiger charge is 1.91. The van der Waals surface area contributed by atoms with E-state index in [1.807, 2.05) is 0 Å². The second kappa shape index (κ2) is 3.55. The van der Waals surface area contributed by atoms with Crippen LogP contribution in [-0.4, -0.2) is 7.85 Å². The van der Waals surface area contributed by atoms with Gasteiger partial charge in [-0.25, -0.2) is 0 Å². The third kappa shape index (κ3) is 2.55. The normalized spacial score (nSPS) is 11.3. The molecule has 0 amide bonds. The highest BCUT2D eigenvalue weighted by molar-refractivity contribution is 6.24. The molecule has 0 atom stereocenters. The Morgan fingerprint density at radius 3 is 1.78 bits per heavy atom. The number of hydrogen-bond acceptors (Lipinski definition) is 0. The number of allylic oxidation sites excluding steroid dienone is 4. The molecule has 0 bridgehead atoms. The Hall–Kier alpha value is -0.455. The van der Waals surface area contributed by atoms with Gasteiger partial charge in [0.05, 0.1) is 0 Å². The summed E-state index contributed by atoms with van der Waals surface area (Å²) in [5, 5.41) is 0. The van der Waals surface area contributed by atoms with Gasteiger partial charge in [0.1, 0.15) is 7.85 Å². The highest BCUT2D eigenvalue weighted by atomic mass is 13.9. The summed E-state index contributed by atoms with van der Waals surface area (Å²) in [6.45, 7) is 8.49. The van der Waals surface area contributed by atoms with Gasteiger partial charge in [0, 0.05) is 0 Å². The van der Waals surface area contributed by atoms with Crippen molar-refractivity contribution in [1.82, 2.24) is 0 Å². The van der Waals surface area contributed by atoms with Crippen LogP contribution < -0.4 is 0 Å². The van der Waals surface area contributed by atoms with Crippen molar-refractivity contribution < 1.29 is 0 Å². The summed E-state index contributed by atoms with van der Waals surface area (Å²) in [4.78, 5) is 0. The summed E-state index contributed by atoms with van der Waals surface area (Å²) < 4.78 is 0. The van der Waals surface area contributed by atoms with Gasteiger partial charge in [-0.3, -0.25) is 0 Å². The molecule has 50 valence electrons. The zero-order chi connectivity index (χ0) is 7.44. The zero-order valence-electron chi connectivity index (χ0n) is 7.08. The van der Waals surface area contributed by atoms with Crippen LogP contribution in [0.3, 0.4) is 0 Å². The molecule has 0 saturated heterocycles. The van der Waals surface area contributed by atoms with Crippen LogP contribution in [0.5, 0.6) is 0 Å². The molecule has 0 rings (SSSR count). The van der Waals surface area contributed by atoms with Gasteiger partial charge in [-0.05, 0) is 27.7 Å². The molecule has 1 heteroatoms. The maximum absolute atomic E-state index is 2.16. The lowest BCUT2D eigenvalue weighted by Gasteiger charge is -2.01. The first kappa shape index (κ1) is 8.54. The molecule has 0 fully saturated rings. The van der Waals surface area contributed by atoms with Crippen LogP contribution in [0, 0.1) is 0 Å². The van der Waals surface area contributed by atoms with Crippen LogP contribution in [0.1, 0.15) is 27.7 Å². The molecule has 9 heavy (non-hydrogen) atoms. The lowest BCUT2D eigenvalue weighted by Crippen LogP contribution is -1.86. The SMILES string of the molecule is BC(=C(C)C)/C(C)=C\C. The number of rotatable bonds is 1. The summed E-state index contributed by atoms with van der Waals surface area (Å²) in [5.74, 6) is 0. The Labute approximate surface area is 59.1 Å². The van der Waals surface area contributed by atoms with Gasteiger partial charge < -0.3 is 0 Å². The number of hydrogen-bond donors (Lipinski definition) is 0. The van der Waals surface area contributed by atoms with E-state index >= 15 is 0 Å². The fraction of sp³-hybridized carbons (Fsp3) is 0.500. The van der Waals surface area contributed by atoms with Gasteiger partial charge >= 0.3 is 0 Å². The van der Waals surface area contributed by atoms with Crippen LogP contribution in [0.2, 0.25) is 0 Å². The molecule has 0 N–H and O–H groups in total. The molecule has 0 aromatic rings. The van der Waals surface area contributed by atoms with Crippen LogP contribution in [0.15, 0.2) is 22.7 Å². The summed E-state index contributed by atoms with van der Waals surface area (Å²) in [6, 6.07) is 0. The van der Waals surface area contributed by atoms with Gasteiger partial charge in [0.15, 0.2) is 0 Å². The third-order valence-electron chi connectivity index (χ3n) is 1.77. The van der Waals surface area contributed by atoms with E-state index in [2.05, 4.69) is 41.6 Å². The monoisotopic (exact) mass is 122 g/mol. The fourth-order valence-electron chi connectivity index (χ4n) is 0.611. The Bertz CT molecular complexity index is 148. The van der Waals surface area contributed by atoms with Crippen molar-refractivity contribution >= 4 is 7.85 Å². The molecule has 0 aliphatic rings. The highest BCUT2D eigenvalue weighted by Crippen LogP contribution is 2.08. The fourth-order valence-corrected chi connectivity index (χ4v) is 0.611. The van der Waals surface area contributed by atoms with Crippen molar-refractivity contribution in [3.63, 3.8) is 0 Å². The first-order chi connectivity index (χ1) is 4.09. The topological polar surface area (TPSA) is 0 Å². The summed E-state index contributed by atoms with van der Waals surface area (Å²) in [6.07, 6.45) is 2.14. The second-order valence-electron chi connectivity index (χ2n) is 2.60. The van der Waals surface area contributed by atoms with Crippen molar-refractivity contribution in [3.8, 4) is 0 Å². The Morgan fingerprint density at radius 2 is 1.67 bits per heavy atom. The van der Waals surface area contributed by atoms with Gasteiger partial charge in [0.25, 0.3) is 0 Å². The van der Waals surface area contributed by atoms with Crippen molar-refractivity contribution in [2.45, 2.75) is 27.7 Å². The smallest absolute Gasteiger partial charge is 0.0878 e. The maximum atomic E-state index is 2.16. The van der Waals surface area contributed by atoms with E-state index in [0.717, 1.165) is 0 Å². The van der Waals surface area contributed by atoms with Crippen LogP contribution in [0.25, 0.3) is 0 Å². The maximum Gasteiger partial charge on any atom is 0.139 e. The quantitative estimate of drug-likeness (QED) is 0.368. The average molecular weight is 122 g/mol. The minimum Gasteiger partial charge on any atom is -0.0878 e. The van der Waals surface area contributed by atoms with E-state index in [0.29, 0.717) is 0 Å². The molecule has 0 heterocycles. The van der Waals surface area contributed by atoms with E-state index < -0.39 is 0 Å². The molecular formula is C8H15B. The molecule has 0 aromatic heterocycles. The summed E-state index contributed by atoms with van der Waals surface area (Å²) >= 11 is 0. The van der Waals surface area contributed by atoms with Crippen molar-refractivity contribution in [1.29, 1.82) is 0 Å². The van der Waals surface area contributed by atoms with E-state index in [-0.39, 0.29) is 0 Å². The molecule has 0 aliphatic carbocycles. The summed E-state index contributed by atoms with van der Waals surface area (Å²) in [7, 11) is 2.16. The summed E-state index contributed by atoms with van der Waals surface area (Å²) in [5.41, 5.74) is 4.21. The Balaban J connectivity index is 4.40. The Morgan fingerprint density at radius 1 is 1.22 bits per heavy atom. The molecule has 0 nitrogen and oxygen atoms in total. The average Bonchev–Trinajstić information content (AvgIpc) is 1.84. The van der Waals surface area contributed by atoms with Gasteiger partial charge in [-0.2, -0.15) is 0 Å². The lowest BCUT2D eigenvalue weighted by molar-refractivity contribution is 1.31. The van der Waals surface area contributed by atoms with Crippen LogP contribution >= 0.6 is 0 Å². The largest absolute Gasteiger partial charge is 0.139 e. The van der Waals surface area contributed by atoms with E-state index in [1.165, 1.54) is 16.6 Å². The van der Waals surface area contributed by atoms with Gasteiger partial charge in [-0.15, -0.1) is 0 Å². The van der Waals surface area contributed by atoms with E-state index in [9.17, 15) is 0 Å². The lowest BCUT2D eigenvalue weighted by atomic mass is 9.85. The molecule has 0 aliphatic heterocycles. The van der Waals surface area contributed by atoms with Gasteiger partial charge in [-0.1, -0.05) is 22.7 Å². The molecule has 0 aromatic carbocycles. The zero-order valence-corrected chi connectivity index (χ0v) is 7.08. The predicted molar refractivity (Wildman–Crippen MR) is 46.3 cm³/mol. The Kier molecular flexibility index (Phi) is 3.37.